The van der Waals surface area contributed by atoms with E-state index in [-0.39, 0.29) is 30.0 Å². The number of methoxy groups -OCH3 is 1. The monoisotopic (exact) mass is 380 g/mol. The van der Waals surface area contributed by atoms with Crippen molar-refractivity contribution in [3.63, 3.8) is 0 Å². The van der Waals surface area contributed by atoms with E-state index in [2.05, 4.69) is 23.5 Å². The summed E-state index contributed by atoms with van der Waals surface area (Å²) in [6.07, 6.45) is 7.73. The fourth-order valence-electron chi connectivity index (χ4n) is 3.60. The van der Waals surface area contributed by atoms with Gasteiger partial charge in [0.25, 0.3) is 0 Å². The Morgan fingerprint density at radius 2 is 1.93 bits per heavy atom. The lowest BCUT2D eigenvalue weighted by molar-refractivity contribution is -0.140. The van der Waals surface area contributed by atoms with Crippen molar-refractivity contribution in [1.82, 2.24) is 0 Å². The maximum Gasteiger partial charge on any atom is 0.305 e. The van der Waals surface area contributed by atoms with Crippen molar-refractivity contribution in [1.29, 1.82) is 0 Å². The summed E-state index contributed by atoms with van der Waals surface area (Å²) >= 11 is 0. The molecule has 154 valence electrons. The molecule has 0 aromatic carbocycles. The molecule has 1 fully saturated rings. The Hall–Kier alpha value is -1.38. The summed E-state index contributed by atoms with van der Waals surface area (Å²) in [5, 5.41) is 20.6. The quantitative estimate of drug-likeness (QED) is 0.326. The molecule has 0 unspecified atom stereocenters. The topological polar surface area (TPSA) is 83.8 Å². The molecule has 0 saturated heterocycles. The normalized spacial score (nSPS) is 24.2. The average molecular weight is 381 g/mol. The van der Waals surface area contributed by atoms with Crippen LogP contribution in [-0.2, 0) is 14.3 Å². The first kappa shape index (κ1) is 23.7. The van der Waals surface area contributed by atoms with Crippen LogP contribution in [0.1, 0.15) is 84.5 Å². The van der Waals surface area contributed by atoms with Crippen LogP contribution in [0.4, 0.5) is 0 Å². The van der Waals surface area contributed by atoms with E-state index >= 15 is 0 Å². The molecule has 0 amide bonds. The zero-order chi connectivity index (χ0) is 20.3. The number of rotatable bonds is 11. The molecule has 1 saturated carbocycles. The SMILES string of the molecule is CCCCC[C@@](C)(O)C#C[C@@H]1[C@H](O)CC(=O)[C@@H]1CCCCCCC(=O)OC. The molecule has 1 rings (SSSR count). The minimum absolute atomic E-state index is 0.0713. The highest BCUT2D eigenvalue weighted by Crippen LogP contribution is 2.33. The first-order valence-electron chi connectivity index (χ1n) is 10.3. The van der Waals surface area contributed by atoms with Crippen molar-refractivity contribution in [3.8, 4) is 11.8 Å². The van der Waals surface area contributed by atoms with Crippen LogP contribution < -0.4 is 0 Å². The van der Waals surface area contributed by atoms with Gasteiger partial charge in [-0.15, -0.1) is 0 Å². The van der Waals surface area contributed by atoms with Crippen LogP contribution in [0.15, 0.2) is 0 Å². The molecule has 27 heavy (non-hydrogen) atoms. The highest BCUT2D eigenvalue weighted by molar-refractivity contribution is 5.85. The molecule has 1 aliphatic rings. The van der Waals surface area contributed by atoms with E-state index in [1.54, 1.807) is 6.92 Å². The van der Waals surface area contributed by atoms with Crippen LogP contribution in [0.2, 0.25) is 0 Å². The van der Waals surface area contributed by atoms with E-state index < -0.39 is 11.7 Å². The minimum atomic E-state index is -1.07. The van der Waals surface area contributed by atoms with Crippen molar-refractivity contribution in [3.05, 3.63) is 0 Å². The summed E-state index contributed by atoms with van der Waals surface area (Å²) in [6, 6.07) is 0. The number of aliphatic hydroxyl groups is 2. The van der Waals surface area contributed by atoms with Crippen LogP contribution in [0, 0.1) is 23.7 Å². The molecule has 0 aromatic rings. The third-order valence-corrected chi connectivity index (χ3v) is 5.32. The van der Waals surface area contributed by atoms with Gasteiger partial charge in [0, 0.05) is 18.8 Å². The molecule has 0 spiro atoms. The maximum absolute atomic E-state index is 12.2. The van der Waals surface area contributed by atoms with E-state index in [4.69, 9.17) is 0 Å². The zero-order valence-electron chi connectivity index (χ0n) is 17.1. The molecule has 1 aliphatic carbocycles. The Kier molecular flexibility index (Phi) is 10.6. The number of unbranched alkanes of at least 4 members (excludes halogenated alkanes) is 5. The number of carbonyl (C=O) groups excluding carboxylic acids is 2. The van der Waals surface area contributed by atoms with Gasteiger partial charge in [0.15, 0.2) is 0 Å². The number of aliphatic hydroxyl groups excluding tert-OH is 1. The Morgan fingerprint density at radius 3 is 2.59 bits per heavy atom. The number of ketones is 1. The van der Waals surface area contributed by atoms with Gasteiger partial charge >= 0.3 is 5.97 Å². The fraction of sp³-hybridized carbons (Fsp3) is 0.818. The van der Waals surface area contributed by atoms with Crippen LogP contribution in [-0.4, -0.2) is 40.8 Å². The van der Waals surface area contributed by atoms with Crippen LogP contribution >= 0.6 is 0 Å². The van der Waals surface area contributed by atoms with E-state index in [0.29, 0.717) is 19.3 Å². The van der Waals surface area contributed by atoms with Crippen molar-refractivity contribution in [2.45, 2.75) is 96.2 Å². The molecular formula is C22H36O5. The summed E-state index contributed by atoms with van der Waals surface area (Å²) in [7, 11) is 1.39. The smallest absolute Gasteiger partial charge is 0.305 e. The summed E-state index contributed by atoms with van der Waals surface area (Å²) in [6.45, 7) is 3.82. The molecule has 5 nitrogen and oxygen atoms in total. The van der Waals surface area contributed by atoms with Gasteiger partial charge < -0.3 is 14.9 Å². The number of esters is 1. The zero-order valence-corrected chi connectivity index (χ0v) is 17.1. The molecule has 0 bridgehead atoms. The van der Waals surface area contributed by atoms with Gasteiger partial charge in [-0.1, -0.05) is 50.9 Å². The second kappa shape index (κ2) is 12.2. The predicted octanol–water partition coefficient (Wildman–Crippen LogP) is 3.40. The second-order valence-electron chi connectivity index (χ2n) is 7.90. The van der Waals surface area contributed by atoms with E-state index in [1.165, 1.54) is 7.11 Å². The number of ether oxygens (including phenoxy) is 1. The lowest BCUT2D eigenvalue weighted by Crippen LogP contribution is -2.24. The molecule has 2 N–H and O–H groups in total. The van der Waals surface area contributed by atoms with E-state index in [0.717, 1.165) is 44.9 Å². The van der Waals surface area contributed by atoms with Crippen molar-refractivity contribution in [2.75, 3.05) is 7.11 Å². The van der Waals surface area contributed by atoms with Gasteiger partial charge in [0.2, 0.25) is 0 Å². The van der Waals surface area contributed by atoms with Gasteiger partial charge in [-0.3, -0.25) is 9.59 Å². The molecule has 0 heterocycles. The van der Waals surface area contributed by atoms with Gasteiger partial charge in [0.1, 0.15) is 11.4 Å². The minimum Gasteiger partial charge on any atom is -0.469 e. The van der Waals surface area contributed by atoms with Crippen LogP contribution in [0.5, 0.6) is 0 Å². The Labute approximate surface area is 163 Å². The van der Waals surface area contributed by atoms with Gasteiger partial charge in [-0.05, 0) is 32.6 Å². The predicted molar refractivity (Wildman–Crippen MR) is 105 cm³/mol. The number of hydrogen-bond acceptors (Lipinski definition) is 5. The van der Waals surface area contributed by atoms with E-state index in [9.17, 15) is 19.8 Å². The maximum atomic E-state index is 12.2. The summed E-state index contributed by atoms with van der Waals surface area (Å²) in [5.74, 6) is 5.18. The first-order valence-corrected chi connectivity index (χ1v) is 10.3. The molecular weight excluding hydrogens is 344 g/mol. The van der Waals surface area contributed by atoms with Gasteiger partial charge in [0.05, 0.1) is 19.1 Å². The lowest BCUT2D eigenvalue weighted by Gasteiger charge is -2.19. The summed E-state index contributed by atoms with van der Waals surface area (Å²) < 4.78 is 4.62. The molecule has 4 atom stereocenters. The van der Waals surface area contributed by atoms with Crippen LogP contribution in [0.3, 0.4) is 0 Å². The van der Waals surface area contributed by atoms with Crippen molar-refractivity contribution in [2.24, 2.45) is 11.8 Å². The van der Waals surface area contributed by atoms with Crippen molar-refractivity contribution < 1.29 is 24.5 Å². The molecule has 5 heteroatoms. The largest absolute Gasteiger partial charge is 0.469 e. The van der Waals surface area contributed by atoms with E-state index in [1.807, 2.05) is 0 Å². The first-order chi connectivity index (χ1) is 12.8. The number of hydrogen-bond donors (Lipinski definition) is 2. The van der Waals surface area contributed by atoms with Gasteiger partial charge in [-0.2, -0.15) is 0 Å². The number of Topliss-reactive ketones (excluding diaryl/α,β-unsaturated/α-hetero) is 1. The average Bonchev–Trinajstić information content (AvgIpc) is 2.89. The fourth-order valence-corrected chi connectivity index (χ4v) is 3.60. The highest BCUT2D eigenvalue weighted by atomic mass is 16.5. The second-order valence-corrected chi connectivity index (χ2v) is 7.90. The Morgan fingerprint density at radius 1 is 1.22 bits per heavy atom. The van der Waals surface area contributed by atoms with Crippen LogP contribution in [0.25, 0.3) is 0 Å². The highest BCUT2D eigenvalue weighted by Gasteiger charge is 2.40. The summed E-state index contributed by atoms with van der Waals surface area (Å²) in [4.78, 5) is 23.3. The third-order valence-electron chi connectivity index (χ3n) is 5.32. The molecule has 0 radical (unpaired) electrons. The number of carbonyl (C=O) groups is 2. The standard InChI is InChI=1S/C22H36O5/c1-4-5-10-14-22(2,26)15-13-18-17(19(23)16-20(18)24)11-8-6-7-9-12-21(25)27-3/h17-18,20,24,26H,4-12,14,16H2,1-3H3/t17-,18+,20-,22-/m1/s1. The van der Waals surface area contributed by atoms with Gasteiger partial charge in [-0.25, -0.2) is 0 Å². The summed E-state index contributed by atoms with van der Waals surface area (Å²) in [5.41, 5.74) is -1.07. The lowest BCUT2D eigenvalue weighted by atomic mass is 9.88. The third kappa shape index (κ3) is 8.90. The Bertz CT molecular complexity index is 529. The van der Waals surface area contributed by atoms with Crippen molar-refractivity contribution >= 4 is 11.8 Å². The molecule has 0 aliphatic heterocycles. The Balaban J connectivity index is 2.49. The molecule has 0 aromatic heterocycles.